The van der Waals surface area contributed by atoms with Crippen LogP contribution < -0.4 is 0 Å². The molecular weight excluding hydrogens is 359 g/mol. The molecule has 1 aromatic rings. The highest BCUT2D eigenvalue weighted by atomic mass is 19.4. The maximum absolute atomic E-state index is 13.0. The molecular formula is C20H26F3NO3. The molecule has 0 spiro atoms. The molecule has 4 nitrogen and oxygen atoms in total. The number of hydrogen-bond donors (Lipinski definition) is 0. The fourth-order valence-electron chi connectivity index (χ4n) is 3.43. The SMILES string of the molecule is CCOC(=O)CCN(C(=O)c1ccc(C(F)(F)F)cc1)C1CCCCCC1. The molecule has 0 N–H and O–H groups in total. The van der Waals surface area contributed by atoms with Crippen LogP contribution in [0.5, 0.6) is 0 Å². The van der Waals surface area contributed by atoms with Gasteiger partial charge in [-0.3, -0.25) is 9.59 Å². The molecule has 7 heteroatoms. The lowest BCUT2D eigenvalue weighted by molar-refractivity contribution is -0.143. The topological polar surface area (TPSA) is 46.6 Å². The second-order valence-electron chi connectivity index (χ2n) is 6.77. The van der Waals surface area contributed by atoms with Crippen molar-refractivity contribution in [2.24, 2.45) is 0 Å². The Morgan fingerprint density at radius 1 is 1.07 bits per heavy atom. The van der Waals surface area contributed by atoms with Gasteiger partial charge < -0.3 is 9.64 Å². The maximum atomic E-state index is 13.0. The van der Waals surface area contributed by atoms with Gasteiger partial charge in [0, 0.05) is 18.2 Å². The van der Waals surface area contributed by atoms with Crippen molar-refractivity contribution in [1.29, 1.82) is 0 Å². The van der Waals surface area contributed by atoms with E-state index in [-0.39, 0.29) is 43.1 Å². The van der Waals surface area contributed by atoms with Gasteiger partial charge in [-0.25, -0.2) is 0 Å². The number of esters is 1. The summed E-state index contributed by atoms with van der Waals surface area (Å²) >= 11 is 0. The molecule has 0 unspecified atom stereocenters. The second kappa shape index (κ2) is 9.76. The molecule has 1 aliphatic rings. The van der Waals surface area contributed by atoms with Gasteiger partial charge in [-0.05, 0) is 44.0 Å². The number of rotatable bonds is 6. The Labute approximate surface area is 157 Å². The van der Waals surface area contributed by atoms with Crippen LogP contribution in [-0.2, 0) is 15.7 Å². The molecule has 0 atom stereocenters. The van der Waals surface area contributed by atoms with Gasteiger partial charge in [0.2, 0.25) is 0 Å². The van der Waals surface area contributed by atoms with E-state index in [9.17, 15) is 22.8 Å². The van der Waals surface area contributed by atoms with Crippen molar-refractivity contribution in [3.63, 3.8) is 0 Å². The minimum atomic E-state index is -4.44. The van der Waals surface area contributed by atoms with Gasteiger partial charge in [0.05, 0.1) is 18.6 Å². The van der Waals surface area contributed by atoms with E-state index in [1.165, 1.54) is 12.1 Å². The third-order valence-corrected chi connectivity index (χ3v) is 4.85. The average molecular weight is 385 g/mol. The van der Waals surface area contributed by atoms with E-state index < -0.39 is 11.7 Å². The van der Waals surface area contributed by atoms with E-state index in [4.69, 9.17) is 4.74 Å². The number of ether oxygens (including phenoxy) is 1. The molecule has 0 saturated heterocycles. The van der Waals surface area contributed by atoms with Gasteiger partial charge in [0.1, 0.15) is 0 Å². The van der Waals surface area contributed by atoms with Crippen molar-refractivity contribution in [3.05, 3.63) is 35.4 Å². The summed E-state index contributed by atoms with van der Waals surface area (Å²) in [5, 5.41) is 0. The van der Waals surface area contributed by atoms with E-state index in [2.05, 4.69) is 0 Å². The van der Waals surface area contributed by atoms with Crippen LogP contribution in [0.25, 0.3) is 0 Å². The first kappa shape index (κ1) is 21.3. The summed E-state index contributed by atoms with van der Waals surface area (Å²) < 4.78 is 43.2. The monoisotopic (exact) mass is 385 g/mol. The minimum absolute atomic E-state index is 0.00304. The summed E-state index contributed by atoms with van der Waals surface area (Å²) in [5.41, 5.74) is -0.581. The lowest BCUT2D eigenvalue weighted by Gasteiger charge is -2.31. The van der Waals surface area contributed by atoms with Gasteiger partial charge in [-0.1, -0.05) is 25.7 Å². The number of hydrogen-bond acceptors (Lipinski definition) is 3. The number of nitrogens with zero attached hydrogens (tertiary/aromatic N) is 1. The number of carbonyl (C=O) groups excluding carboxylic acids is 2. The number of carbonyl (C=O) groups is 2. The third-order valence-electron chi connectivity index (χ3n) is 4.85. The van der Waals surface area contributed by atoms with Crippen molar-refractivity contribution in [2.75, 3.05) is 13.2 Å². The Morgan fingerprint density at radius 2 is 1.67 bits per heavy atom. The Bertz CT molecular complexity index is 620. The molecule has 1 aliphatic carbocycles. The first-order chi connectivity index (χ1) is 12.8. The second-order valence-corrected chi connectivity index (χ2v) is 6.77. The van der Waals surface area contributed by atoms with E-state index >= 15 is 0 Å². The Hall–Kier alpha value is -2.05. The summed E-state index contributed by atoms with van der Waals surface area (Å²) in [7, 11) is 0. The van der Waals surface area contributed by atoms with Crippen LogP contribution in [0.4, 0.5) is 13.2 Å². The molecule has 0 aliphatic heterocycles. The van der Waals surface area contributed by atoms with Crippen LogP contribution in [0, 0.1) is 0 Å². The van der Waals surface area contributed by atoms with Crippen LogP contribution in [0.1, 0.15) is 67.8 Å². The quantitative estimate of drug-likeness (QED) is 0.521. The molecule has 150 valence electrons. The summed E-state index contributed by atoms with van der Waals surface area (Å²) in [5.74, 6) is -0.712. The lowest BCUT2D eigenvalue weighted by Crippen LogP contribution is -2.41. The highest BCUT2D eigenvalue weighted by Gasteiger charge is 2.31. The number of halogens is 3. The largest absolute Gasteiger partial charge is 0.466 e. The Balaban J connectivity index is 2.17. The fraction of sp³-hybridized carbons (Fsp3) is 0.600. The number of benzene rings is 1. The van der Waals surface area contributed by atoms with Crippen LogP contribution in [0.2, 0.25) is 0 Å². The Morgan fingerprint density at radius 3 is 2.19 bits per heavy atom. The molecule has 1 saturated carbocycles. The van der Waals surface area contributed by atoms with E-state index in [0.717, 1.165) is 50.7 Å². The molecule has 1 fully saturated rings. The average Bonchev–Trinajstić information content (AvgIpc) is 2.91. The summed E-state index contributed by atoms with van der Waals surface area (Å²) in [4.78, 5) is 26.4. The van der Waals surface area contributed by atoms with Crippen molar-refractivity contribution >= 4 is 11.9 Å². The van der Waals surface area contributed by atoms with Crippen LogP contribution in [0.3, 0.4) is 0 Å². The molecule has 0 bridgehead atoms. The predicted molar refractivity (Wildman–Crippen MR) is 95.2 cm³/mol. The van der Waals surface area contributed by atoms with Gasteiger partial charge in [0.25, 0.3) is 5.91 Å². The highest BCUT2D eigenvalue weighted by Crippen LogP contribution is 2.30. The van der Waals surface area contributed by atoms with Crippen molar-refractivity contribution < 1.29 is 27.5 Å². The van der Waals surface area contributed by atoms with Gasteiger partial charge in [0.15, 0.2) is 0 Å². The first-order valence-corrected chi connectivity index (χ1v) is 9.46. The highest BCUT2D eigenvalue weighted by molar-refractivity contribution is 5.94. The number of amides is 1. The summed E-state index contributed by atoms with van der Waals surface area (Å²) in [6, 6.07) is 4.25. The zero-order valence-corrected chi connectivity index (χ0v) is 15.6. The van der Waals surface area contributed by atoms with Gasteiger partial charge >= 0.3 is 12.1 Å². The van der Waals surface area contributed by atoms with Crippen molar-refractivity contribution in [1.82, 2.24) is 4.90 Å². The molecule has 0 radical (unpaired) electrons. The molecule has 0 aromatic heterocycles. The first-order valence-electron chi connectivity index (χ1n) is 9.46. The fourth-order valence-corrected chi connectivity index (χ4v) is 3.43. The molecule has 27 heavy (non-hydrogen) atoms. The zero-order valence-electron chi connectivity index (χ0n) is 15.6. The maximum Gasteiger partial charge on any atom is 0.416 e. The van der Waals surface area contributed by atoms with Crippen LogP contribution in [0.15, 0.2) is 24.3 Å². The Kier molecular flexibility index (Phi) is 7.68. The zero-order chi connectivity index (χ0) is 19.9. The van der Waals surface area contributed by atoms with Crippen LogP contribution >= 0.6 is 0 Å². The lowest BCUT2D eigenvalue weighted by atomic mass is 10.0. The van der Waals surface area contributed by atoms with Gasteiger partial charge in [-0.15, -0.1) is 0 Å². The van der Waals surface area contributed by atoms with Gasteiger partial charge in [-0.2, -0.15) is 13.2 Å². The molecule has 1 amide bonds. The van der Waals surface area contributed by atoms with E-state index in [1.54, 1.807) is 11.8 Å². The molecule has 1 aromatic carbocycles. The smallest absolute Gasteiger partial charge is 0.416 e. The molecule has 0 heterocycles. The predicted octanol–water partition coefficient (Wildman–Crippen LogP) is 4.82. The normalized spacial score (nSPS) is 15.9. The third kappa shape index (κ3) is 6.26. The standard InChI is InChI=1S/C20H26F3NO3/c1-2-27-18(25)13-14-24(17-7-5-3-4-6-8-17)19(26)15-9-11-16(12-10-15)20(21,22)23/h9-12,17H,2-8,13-14H2,1H3. The minimum Gasteiger partial charge on any atom is -0.466 e. The summed E-state index contributed by atoms with van der Waals surface area (Å²) in [6.45, 7) is 2.20. The van der Waals surface area contributed by atoms with Crippen molar-refractivity contribution in [3.8, 4) is 0 Å². The number of alkyl halides is 3. The summed E-state index contributed by atoms with van der Waals surface area (Å²) in [6.07, 6.45) is 1.54. The van der Waals surface area contributed by atoms with E-state index in [1.807, 2.05) is 0 Å². The van der Waals surface area contributed by atoms with Crippen LogP contribution in [-0.4, -0.2) is 36.0 Å². The van der Waals surface area contributed by atoms with Crippen molar-refractivity contribution in [2.45, 2.75) is 64.1 Å². The van der Waals surface area contributed by atoms with E-state index in [0.29, 0.717) is 0 Å². The molecule has 2 rings (SSSR count).